The Morgan fingerprint density at radius 1 is 0.722 bits per heavy atom. The number of carbonyl (C=O) groups excluding carboxylic acids is 2. The number of hydroxylamine groups is 1. The fourth-order valence-electron chi connectivity index (χ4n) is 5.39. The van der Waals surface area contributed by atoms with E-state index in [4.69, 9.17) is 9.57 Å². The van der Waals surface area contributed by atoms with Gasteiger partial charge in [0, 0.05) is 0 Å². The standard InChI is InChI=1S/C30H24N2O4/c1-35-25-19-17-21(18-20-25)26-30(22-11-5-2-6-12-22)27(36-32(26)24-15-9-4-10-16-24)28(33)31(29(30)34)23-13-7-3-8-14-23/h2-20,26-27H,1H3/t26-,27-,30+/m0/s1. The van der Waals surface area contributed by atoms with E-state index in [-0.39, 0.29) is 11.8 Å². The fraction of sp³-hybridized carbons (Fsp3) is 0.133. The molecule has 6 rings (SSSR count). The molecule has 2 aliphatic heterocycles. The Hall–Kier alpha value is -4.42. The molecule has 6 nitrogen and oxygen atoms in total. The summed E-state index contributed by atoms with van der Waals surface area (Å²) >= 11 is 0. The molecular weight excluding hydrogens is 452 g/mol. The molecule has 2 saturated heterocycles. The molecule has 3 atom stereocenters. The lowest BCUT2D eigenvalue weighted by molar-refractivity contribution is -0.126. The molecule has 36 heavy (non-hydrogen) atoms. The van der Waals surface area contributed by atoms with Gasteiger partial charge in [-0.25, -0.2) is 9.96 Å². The molecule has 0 spiro atoms. The lowest BCUT2D eigenvalue weighted by Gasteiger charge is -2.35. The van der Waals surface area contributed by atoms with Crippen molar-refractivity contribution in [1.29, 1.82) is 0 Å². The second-order valence-electron chi connectivity index (χ2n) is 8.87. The summed E-state index contributed by atoms with van der Waals surface area (Å²) in [4.78, 5) is 36.3. The Balaban J connectivity index is 1.61. The van der Waals surface area contributed by atoms with Gasteiger partial charge in [-0.2, -0.15) is 0 Å². The van der Waals surface area contributed by atoms with Crippen molar-refractivity contribution >= 4 is 23.2 Å². The summed E-state index contributed by atoms with van der Waals surface area (Å²) in [6.07, 6.45) is -1.04. The number of ether oxygens (including phenoxy) is 1. The van der Waals surface area contributed by atoms with Gasteiger partial charge in [0.05, 0.1) is 18.5 Å². The van der Waals surface area contributed by atoms with E-state index < -0.39 is 17.6 Å². The maximum absolute atomic E-state index is 14.6. The summed E-state index contributed by atoms with van der Waals surface area (Å²) in [5.74, 6) is 0.00937. The number of amides is 2. The van der Waals surface area contributed by atoms with E-state index in [1.807, 2.05) is 103 Å². The third-order valence-electron chi connectivity index (χ3n) is 7.01. The first-order valence-electron chi connectivity index (χ1n) is 11.8. The third-order valence-corrected chi connectivity index (χ3v) is 7.01. The van der Waals surface area contributed by atoms with Crippen molar-refractivity contribution in [2.24, 2.45) is 0 Å². The molecule has 0 unspecified atom stereocenters. The second kappa shape index (κ2) is 8.66. The van der Waals surface area contributed by atoms with Crippen LogP contribution in [0, 0.1) is 0 Å². The Morgan fingerprint density at radius 3 is 1.86 bits per heavy atom. The highest BCUT2D eigenvalue weighted by molar-refractivity contribution is 6.28. The first-order chi connectivity index (χ1) is 17.7. The smallest absolute Gasteiger partial charge is 0.267 e. The number of hydrogen-bond donors (Lipinski definition) is 0. The van der Waals surface area contributed by atoms with E-state index >= 15 is 0 Å². The highest BCUT2D eigenvalue weighted by Gasteiger charge is 2.72. The predicted octanol–water partition coefficient (Wildman–Crippen LogP) is 5.07. The zero-order valence-electron chi connectivity index (χ0n) is 19.7. The van der Waals surface area contributed by atoms with E-state index in [0.29, 0.717) is 11.4 Å². The van der Waals surface area contributed by atoms with Gasteiger partial charge in [0.15, 0.2) is 6.10 Å². The van der Waals surface area contributed by atoms with Crippen LogP contribution in [0.3, 0.4) is 0 Å². The molecule has 178 valence electrons. The van der Waals surface area contributed by atoms with E-state index in [1.54, 1.807) is 24.3 Å². The number of methoxy groups -OCH3 is 1. The number of para-hydroxylation sites is 2. The molecule has 2 heterocycles. The number of benzene rings is 4. The Labute approximate surface area is 209 Å². The number of fused-ring (bicyclic) bond motifs is 1. The molecule has 0 saturated carbocycles. The van der Waals surface area contributed by atoms with Crippen LogP contribution in [-0.4, -0.2) is 25.0 Å². The second-order valence-corrected chi connectivity index (χ2v) is 8.87. The van der Waals surface area contributed by atoms with Crippen LogP contribution >= 0.6 is 0 Å². The number of imide groups is 1. The molecule has 0 aliphatic carbocycles. The van der Waals surface area contributed by atoms with Gasteiger partial charge in [0.1, 0.15) is 17.2 Å². The summed E-state index contributed by atoms with van der Waals surface area (Å²) in [5, 5.41) is 1.72. The van der Waals surface area contributed by atoms with Gasteiger partial charge >= 0.3 is 0 Å². The largest absolute Gasteiger partial charge is 0.497 e. The van der Waals surface area contributed by atoms with Crippen LogP contribution in [0.1, 0.15) is 17.2 Å². The number of rotatable bonds is 5. The van der Waals surface area contributed by atoms with Crippen molar-refractivity contribution in [3.63, 3.8) is 0 Å². The molecule has 6 heteroatoms. The van der Waals surface area contributed by atoms with E-state index in [2.05, 4.69) is 0 Å². The lowest BCUT2D eigenvalue weighted by Crippen LogP contribution is -2.46. The van der Waals surface area contributed by atoms with Gasteiger partial charge in [0.2, 0.25) is 5.91 Å². The minimum atomic E-state index is -1.31. The molecule has 2 fully saturated rings. The summed E-state index contributed by atoms with van der Waals surface area (Å²) in [6.45, 7) is 0. The maximum Gasteiger partial charge on any atom is 0.267 e. The zero-order valence-corrected chi connectivity index (χ0v) is 19.7. The molecule has 0 bridgehead atoms. The zero-order chi connectivity index (χ0) is 24.7. The highest BCUT2D eigenvalue weighted by Crippen LogP contribution is 2.57. The van der Waals surface area contributed by atoms with Crippen LogP contribution < -0.4 is 14.7 Å². The third kappa shape index (κ3) is 3.15. The van der Waals surface area contributed by atoms with Crippen LogP contribution in [0.2, 0.25) is 0 Å². The van der Waals surface area contributed by atoms with E-state index in [9.17, 15) is 9.59 Å². The predicted molar refractivity (Wildman–Crippen MR) is 137 cm³/mol. The number of hydrogen-bond acceptors (Lipinski definition) is 5. The van der Waals surface area contributed by atoms with Crippen molar-refractivity contribution in [1.82, 2.24) is 0 Å². The topological polar surface area (TPSA) is 59.1 Å². The monoisotopic (exact) mass is 476 g/mol. The number of nitrogens with zero attached hydrogens (tertiary/aromatic N) is 2. The average Bonchev–Trinajstić information content (AvgIpc) is 3.41. The van der Waals surface area contributed by atoms with Crippen LogP contribution in [0.4, 0.5) is 11.4 Å². The summed E-state index contributed by atoms with van der Waals surface area (Å²) in [5.41, 5.74) is 1.54. The van der Waals surface area contributed by atoms with Gasteiger partial charge in [-0.05, 0) is 47.5 Å². The normalized spacial score (nSPS) is 23.1. The maximum atomic E-state index is 14.6. The van der Waals surface area contributed by atoms with Crippen molar-refractivity contribution in [3.05, 3.63) is 126 Å². The molecule has 2 aliphatic rings. The summed E-state index contributed by atoms with van der Waals surface area (Å²) in [7, 11) is 1.61. The van der Waals surface area contributed by atoms with Gasteiger partial charge in [-0.15, -0.1) is 0 Å². The van der Waals surface area contributed by atoms with E-state index in [0.717, 1.165) is 16.8 Å². The molecule has 0 aromatic heterocycles. The van der Waals surface area contributed by atoms with Crippen molar-refractivity contribution in [2.75, 3.05) is 17.1 Å². The van der Waals surface area contributed by atoms with Crippen molar-refractivity contribution in [2.45, 2.75) is 17.6 Å². The number of carbonyl (C=O) groups is 2. The van der Waals surface area contributed by atoms with Gasteiger partial charge in [-0.3, -0.25) is 14.4 Å². The first kappa shape index (κ1) is 22.1. The van der Waals surface area contributed by atoms with Crippen LogP contribution in [0.5, 0.6) is 5.75 Å². The first-order valence-corrected chi connectivity index (χ1v) is 11.8. The Morgan fingerprint density at radius 2 is 1.28 bits per heavy atom. The fourth-order valence-corrected chi connectivity index (χ4v) is 5.39. The van der Waals surface area contributed by atoms with Crippen molar-refractivity contribution < 1.29 is 19.2 Å². The quantitative estimate of drug-likeness (QED) is 0.377. The number of anilines is 2. The van der Waals surface area contributed by atoms with Crippen LogP contribution in [0.15, 0.2) is 115 Å². The van der Waals surface area contributed by atoms with Crippen LogP contribution in [-0.2, 0) is 19.8 Å². The van der Waals surface area contributed by atoms with Crippen molar-refractivity contribution in [3.8, 4) is 5.75 Å². The molecule has 0 radical (unpaired) electrons. The van der Waals surface area contributed by atoms with E-state index in [1.165, 1.54) is 4.90 Å². The summed E-state index contributed by atoms with van der Waals surface area (Å²) < 4.78 is 5.38. The summed E-state index contributed by atoms with van der Waals surface area (Å²) in [6, 6.07) is 35.1. The van der Waals surface area contributed by atoms with Gasteiger partial charge < -0.3 is 4.74 Å². The SMILES string of the molecule is COc1ccc([C@@H]2N(c3ccccc3)O[C@H]3C(=O)N(c4ccccc4)C(=O)[C@]23c2ccccc2)cc1. The average molecular weight is 477 g/mol. The molecule has 2 amide bonds. The Kier molecular flexibility index (Phi) is 5.31. The van der Waals surface area contributed by atoms with Gasteiger partial charge in [0.25, 0.3) is 5.91 Å². The van der Waals surface area contributed by atoms with Gasteiger partial charge in [-0.1, -0.05) is 78.9 Å². The molecule has 4 aromatic rings. The minimum absolute atomic E-state index is 0.311. The molecule has 0 N–H and O–H groups in total. The highest BCUT2D eigenvalue weighted by atomic mass is 16.7. The molecule has 4 aromatic carbocycles. The van der Waals surface area contributed by atoms with Crippen LogP contribution in [0.25, 0.3) is 0 Å². The lowest BCUT2D eigenvalue weighted by atomic mass is 9.69. The Bertz CT molecular complexity index is 1390. The molecular formula is C30H24N2O4. The minimum Gasteiger partial charge on any atom is -0.497 e.